The van der Waals surface area contributed by atoms with E-state index in [-0.39, 0.29) is 5.78 Å². The summed E-state index contributed by atoms with van der Waals surface area (Å²) in [5, 5.41) is 0. The Labute approximate surface area is 114 Å². The molecule has 2 heteroatoms. The van der Waals surface area contributed by atoms with E-state index in [9.17, 15) is 4.79 Å². The molecule has 0 fully saturated rings. The second kappa shape index (κ2) is 5.04. The van der Waals surface area contributed by atoms with Crippen molar-refractivity contribution >= 4 is 5.78 Å². The van der Waals surface area contributed by atoms with Crippen LogP contribution in [0.5, 0.6) is 0 Å². The molecule has 0 radical (unpaired) electrons. The maximum Gasteiger partial charge on any atom is 0.209 e. The Bertz CT molecular complexity index is 583. The van der Waals surface area contributed by atoms with Gasteiger partial charge < -0.3 is 4.57 Å². The standard InChI is InChI=1S/C17H19NO/c1-2-6-13-11-12-18-15(13)9-10-16(18)17(19)14-7-4-3-5-8-14/h3-5,7-10,13H,2,6,11-12H2,1H3. The summed E-state index contributed by atoms with van der Waals surface area (Å²) in [7, 11) is 0. The van der Waals surface area contributed by atoms with Gasteiger partial charge in [0.05, 0.1) is 5.69 Å². The Balaban J connectivity index is 1.92. The second-order valence-electron chi connectivity index (χ2n) is 5.26. The summed E-state index contributed by atoms with van der Waals surface area (Å²) in [5.74, 6) is 0.784. The number of aromatic nitrogens is 1. The lowest BCUT2D eigenvalue weighted by atomic mass is 9.99. The van der Waals surface area contributed by atoms with E-state index in [1.165, 1.54) is 25.0 Å². The number of fused-ring (bicyclic) bond motifs is 1. The van der Waals surface area contributed by atoms with Crippen LogP contribution in [-0.4, -0.2) is 10.4 Å². The van der Waals surface area contributed by atoms with Crippen molar-refractivity contribution in [1.29, 1.82) is 0 Å². The number of benzene rings is 1. The molecule has 2 heterocycles. The first kappa shape index (κ1) is 12.2. The summed E-state index contributed by atoms with van der Waals surface area (Å²) in [6.45, 7) is 3.21. The van der Waals surface area contributed by atoms with Crippen molar-refractivity contribution in [2.24, 2.45) is 0 Å². The highest BCUT2D eigenvalue weighted by Gasteiger charge is 2.26. The summed E-state index contributed by atoms with van der Waals surface area (Å²) in [6, 6.07) is 13.7. The molecule has 2 nitrogen and oxygen atoms in total. The summed E-state index contributed by atoms with van der Waals surface area (Å²) < 4.78 is 2.22. The summed E-state index contributed by atoms with van der Waals surface area (Å²) >= 11 is 0. The summed E-state index contributed by atoms with van der Waals surface area (Å²) in [6.07, 6.45) is 3.61. The molecule has 3 rings (SSSR count). The first-order valence-corrected chi connectivity index (χ1v) is 7.10. The summed E-state index contributed by atoms with van der Waals surface area (Å²) in [5.41, 5.74) is 2.98. The number of ketones is 1. The smallest absolute Gasteiger partial charge is 0.209 e. The van der Waals surface area contributed by atoms with Gasteiger partial charge in [0, 0.05) is 23.7 Å². The molecule has 1 aromatic heterocycles. The Morgan fingerprint density at radius 1 is 1.21 bits per heavy atom. The van der Waals surface area contributed by atoms with Gasteiger partial charge in [-0.2, -0.15) is 0 Å². The Morgan fingerprint density at radius 3 is 2.74 bits per heavy atom. The topological polar surface area (TPSA) is 22.0 Å². The first-order chi connectivity index (χ1) is 9.31. The lowest BCUT2D eigenvalue weighted by molar-refractivity contribution is 0.103. The van der Waals surface area contributed by atoms with Crippen LogP contribution in [0.15, 0.2) is 42.5 Å². The number of carbonyl (C=O) groups excluding carboxylic acids is 1. The zero-order valence-corrected chi connectivity index (χ0v) is 11.3. The van der Waals surface area contributed by atoms with Gasteiger partial charge in [-0.25, -0.2) is 0 Å². The molecular formula is C17H19NO. The molecule has 0 amide bonds. The normalized spacial score (nSPS) is 17.4. The fraction of sp³-hybridized carbons (Fsp3) is 0.353. The predicted octanol–water partition coefficient (Wildman–Crippen LogP) is 4.01. The van der Waals surface area contributed by atoms with Gasteiger partial charge in [0.25, 0.3) is 0 Å². The van der Waals surface area contributed by atoms with E-state index in [0.29, 0.717) is 5.92 Å². The van der Waals surface area contributed by atoms with Crippen LogP contribution in [0.4, 0.5) is 0 Å². The van der Waals surface area contributed by atoms with E-state index in [0.717, 1.165) is 17.8 Å². The van der Waals surface area contributed by atoms with E-state index in [1.807, 2.05) is 36.4 Å². The average molecular weight is 253 g/mol. The summed E-state index contributed by atoms with van der Waals surface area (Å²) in [4.78, 5) is 12.5. The third-order valence-electron chi connectivity index (χ3n) is 4.04. The van der Waals surface area contributed by atoms with Crippen molar-refractivity contribution in [2.45, 2.75) is 38.6 Å². The number of nitrogens with zero attached hydrogens (tertiary/aromatic N) is 1. The molecule has 0 saturated heterocycles. The molecule has 0 saturated carbocycles. The third-order valence-corrected chi connectivity index (χ3v) is 4.04. The fourth-order valence-electron chi connectivity index (χ4n) is 3.10. The van der Waals surface area contributed by atoms with Gasteiger partial charge in [0.15, 0.2) is 0 Å². The SMILES string of the molecule is CCCC1CCn2c(C(=O)c3ccccc3)ccc21. The van der Waals surface area contributed by atoms with Crippen LogP contribution in [0.2, 0.25) is 0 Å². The molecular weight excluding hydrogens is 234 g/mol. The quantitative estimate of drug-likeness (QED) is 0.755. The minimum Gasteiger partial charge on any atom is -0.342 e. The highest BCUT2D eigenvalue weighted by molar-refractivity contribution is 6.08. The lowest BCUT2D eigenvalue weighted by Gasteiger charge is -2.07. The van der Waals surface area contributed by atoms with Crippen LogP contribution >= 0.6 is 0 Å². The van der Waals surface area contributed by atoms with Crippen LogP contribution in [0.3, 0.4) is 0 Å². The fourth-order valence-corrected chi connectivity index (χ4v) is 3.10. The predicted molar refractivity (Wildman–Crippen MR) is 76.6 cm³/mol. The molecule has 0 spiro atoms. The third kappa shape index (κ3) is 2.12. The van der Waals surface area contributed by atoms with Crippen molar-refractivity contribution in [3.63, 3.8) is 0 Å². The zero-order chi connectivity index (χ0) is 13.2. The maximum absolute atomic E-state index is 12.5. The molecule has 0 N–H and O–H groups in total. The van der Waals surface area contributed by atoms with Crippen LogP contribution in [0.25, 0.3) is 0 Å². The van der Waals surface area contributed by atoms with Crippen LogP contribution in [-0.2, 0) is 6.54 Å². The first-order valence-electron chi connectivity index (χ1n) is 7.10. The van der Waals surface area contributed by atoms with Gasteiger partial charge >= 0.3 is 0 Å². The van der Waals surface area contributed by atoms with Crippen LogP contribution in [0, 0.1) is 0 Å². The number of hydrogen-bond donors (Lipinski definition) is 0. The average Bonchev–Trinajstić information content (AvgIpc) is 3.02. The van der Waals surface area contributed by atoms with Gasteiger partial charge in [-0.15, -0.1) is 0 Å². The van der Waals surface area contributed by atoms with Crippen molar-refractivity contribution in [3.05, 3.63) is 59.4 Å². The number of hydrogen-bond acceptors (Lipinski definition) is 1. The largest absolute Gasteiger partial charge is 0.342 e. The monoisotopic (exact) mass is 253 g/mol. The molecule has 1 aliphatic rings. The van der Waals surface area contributed by atoms with Crippen molar-refractivity contribution < 1.29 is 4.79 Å². The van der Waals surface area contributed by atoms with Crippen LogP contribution < -0.4 is 0 Å². The number of rotatable bonds is 4. The molecule has 1 atom stereocenters. The van der Waals surface area contributed by atoms with Gasteiger partial charge in [0.2, 0.25) is 5.78 Å². The molecule has 0 bridgehead atoms. The maximum atomic E-state index is 12.5. The van der Waals surface area contributed by atoms with E-state index in [2.05, 4.69) is 17.6 Å². The Kier molecular flexibility index (Phi) is 3.24. The molecule has 1 unspecified atom stereocenters. The number of carbonyl (C=O) groups is 1. The molecule has 0 aliphatic carbocycles. The highest BCUT2D eigenvalue weighted by atomic mass is 16.1. The van der Waals surface area contributed by atoms with E-state index in [4.69, 9.17) is 0 Å². The van der Waals surface area contributed by atoms with E-state index < -0.39 is 0 Å². The highest BCUT2D eigenvalue weighted by Crippen LogP contribution is 2.34. The Morgan fingerprint density at radius 2 is 2.00 bits per heavy atom. The minimum absolute atomic E-state index is 0.143. The van der Waals surface area contributed by atoms with Gasteiger partial charge in [-0.3, -0.25) is 4.79 Å². The van der Waals surface area contributed by atoms with Gasteiger partial charge in [-0.1, -0.05) is 43.7 Å². The van der Waals surface area contributed by atoms with Gasteiger partial charge in [0.1, 0.15) is 0 Å². The lowest BCUT2D eigenvalue weighted by Crippen LogP contribution is -2.08. The molecule has 2 aromatic rings. The molecule has 1 aliphatic heterocycles. The zero-order valence-electron chi connectivity index (χ0n) is 11.3. The molecule has 1 aromatic carbocycles. The second-order valence-corrected chi connectivity index (χ2v) is 5.26. The van der Waals surface area contributed by atoms with Gasteiger partial charge in [-0.05, 0) is 25.0 Å². The minimum atomic E-state index is 0.143. The van der Waals surface area contributed by atoms with Crippen molar-refractivity contribution in [1.82, 2.24) is 4.57 Å². The van der Waals surface area contributed by atoms with E-state index in [1.54, 1.807) is 0 Å². The Hall–Kier alpha value is -1.83. The molecule has 98 valence electrons. The molecule has 19 heavy (non-hydrogen) atoms. The van der Waals surface area contributed by atoms with E-state index >= 15 is 0 Å². The van der Waals surface area contributed by atoms with Crippen LogP contribution in [0.1, 0.15) is 53.8 Å². The van der Waals surface area contributed by atoms with Crippen molar-refractivity contribution in [2.75, 3.05) is 0 Å². The van der Waals surface area contributed by atoms with Crippen molar-refractivity contribution in [3.8, 4) is 0 Å².